The molecule has 0 bridgehead atoms. The highest BCUT2D eigenvalue weighted by Gasteiger charge is 2.27. The Morgan fingerprint density at radius 3 is 2.50 bits per heavy atom. The first-order valence-electron chi connectivity index (χ1n) is 4.55. The van der Waals surface area contributed by atoms with Gasteiger partial charge in [0.2, 0.25) is 0 Å². The molecule has 0 aromatic carbocycles. The van der Waals surface area contributed by atoms with Gasteiger partial charge in [0.05, 0.1) is 0 Å². The molecule has 0 saturated carbocycles. The molecule has 0 N–H and O–H groups in total. The van der Waals surface area contributed by atoms with Gasteiger partial charge in [0, 0.05) is 5.57 Å². The van der Waals surface area contributed by atoms with Crippen LogP contribution in [0.15, 0.2) is 11.1 Å². The van der Waals surface area contributed by atoms with E-state index >= 15 is 0 Å². The maximum atomic E-state index is 11.1. The van der Waals surface area contributed by atoms with E-state index in [2.05, 4.69) is 6.92 Å². The van der Waals surface area contributed by atoms with E-state index in [0.29, 0.717) is 0 Å². The zero-order valence-electron chi connectivity index (χ0n) is 8.02. The van der Waals surface area contributed by atoms with E-state index < -0.39 is 0 Å². The molecule has 68 valence electrons. The summed E-state index contributed by atoms with van der Waals surface area (Å²) >= 11 is 0. The van der Waals surface area contributed by atoms with Gasteiger partial charge in [-0.1, -0.05) is 13.3 Å². The molecule has 0 saturated heterocycles. The molecular weight excluding hydrogens is 152 g/mol. The molecule has 12 heavy (non-hydrogen) atoms. The number of ether oxygens (including phenoxy) is 1. The Balaban J connectivity index is 2.55. The highest BCUT2D eigenvalue weighted by atomic mass is 16.5. The van der Waals surface area contributed by atoms with E-state index in [1.54, 1.807) is 0 Å². The molecule has 0 aromatic rings. The third-order valence-electron chi connectivity index (χ3n) is 2.45. The van der Waals surface area contributed by atoms with Crippen molar-refractivity contribution in [2.75, 3.05) is 0 Å². The van der Waals surface area contributed by atoms with Crippen LogP contribution in [0.25, 0.3) is 0 Å². The summed E-state index contributed by atoms with van der Waals surface area (Å²) in [7, 11) is 0. The van der Waals surface area contributed by atoms with Crippen LogP contribution < -0.4 is 0 Å². The molecule has 2 heteroatoms. The fourth-order valence-electron chi connectivity index (χ4n) is 1.37. The Bertz CT molecular complexity index is 216. The molecule has 1 aliphatic heterocycles. The van der Waals surface area contributed by atoms with Gasteiger partial charge in [0.15, 0.2) is 0 Å². The number of unbranched alkanes of at least 4 members (excludes halogenated alkanes) is 1. The monoisotopic (exact) mass is 168 g/mol. The molecule has 1 aliphatic rings. The number of cyclic esters (lactones) is 1. The van der Waals surface area contributed by atoms with Gasteiger partial charge in [-0.25, -0.2) is 4.79 Å². The molecule has 0 spiro atoms. The van der Waals surface area contributed by atoms with Crippen LogP contribution >= 0.6 is 0 Å². The maximum Gasteiger partial charge on any atom is 0.334 e. The van der Waals surface area contributed by atoms with Crippen molar-refractivity contribution in [1.82, 2.24) is 0 Å². The molecule has 0 radical (unpaired) electrons. The van der Waals surface area contributed by atoms with E-state index in [9.17, 15) is 4.79 Å². The zero-order valence-corrected chi connectivity index (χ0v) is 8.02. The second kappa shape index (κ2) is 3.74. The van der Waals surface area contributed by atoms with Gasteiger partial charge < -0.3 is 4.74 Å². The maximum absolute atomic E-state index is 11.1. The van der Waals surface area contributed by atoms with E-state index in [1.165, 1.54) is 0 Å². The first-order valence-corrected chi connectivity index (χ1v) is 4.55. The van der Waals surface area contributed by atoms with Gasteiger partial charge in [-0.05, 0) is 32.3 Å². The molecule has 1 unspecified atom stereocenters. The first-order chi connectivity index (χ1) is 5.66. The molecule has 0 amide bonds. The molecule has 1 atom stereocenters. The fourth-order valence-corrected chi connectivity index (χ4v) is 1.37. The molecule has 1 rings (SSSR count). The Labute approximate surface area is 73.6 Å². The topological polar surface area (TPSA) is 26.3 Å². The number of carbonyl (C=O) groups excluding carboxylic acids is 1. The number of hydrogen-bond donors (Lipinski definition) is 0. The molecule has 0 aliphatic carbocycles. The summed E-state index contributed by atoms with van der Waals surface area (Å²) < 4.78 is 5.17. The highest BCUT2D eigenvalue weighted by Crippen LogP contribution is 2.25. The number of esters is 1. The number of carbonyl (C=O) groups is 1. The Morgan fingerprint density at radius 1 is 1.42 bits per heavy atom. The van der Waals surface area contributed by atoms with E-state index in [0.717, 1.165) is 30.4 Å². The average Bonchev–Trinajstić information content (AvgIpc) is 2.30. The standard InChI is InChI=1S/C10H16O2/c1-4-5-6-9-7(2)8(3)10(11)12-9/h9H,4-6H2,1-3H3. The largest absolute Gasteiger partial charge is 0.454 e. The van der Waals surface area contributed by atoms with Crippen molar-refractivity contribution in [3.8, 4) is 0 Å². The van der Waals surface area contributed by atoms with Crippen molar-refractivity contribution in [3.05, 3.63) is 11.1 Å². The van der Waals surface area contributed by atoms with Crippen LogP contribution in [0.2, 0.25) is 0 Å². The third kappa shape index (κ3) is 1.68. The highest BCUT2D eigenvalue weighted by molar-refractivity contribution is 5.91. The van der Waals surface area contributed by atoms with E-state index in [4.69, 9.17) is 4.74 Å². The van der Waals surface area contributed by atoms with Crippen LogP contribution in [0.1, 0.15) is 40.0 Å². The normalized spacial score (nSPS) is 23.2. The van der Waals surface area contributed by atoms with Crippen molar-refractivity contribution in [2.45, 2.75) is 46.1 Å². The summed E-state index contributed by atoms with van der Waals surface area (Å²) in [5.41, 5.74) is 1.92. The lowest BCUT2D eigenvalue weighted by atomic mass is 10.0. The van der Waals surface area contributed by atoms with E-state index in [1.807, 2.05) is 13.8 Å². The first kappa shape index (κ1) is 9.30. The minimum Gasteiger partial charge on any atom is -0.454 e. The van der Waals surface area contributed by atoms with Crippen LogP contribution in [-0.2, 0) is 9.53 Å². The lowest BCUT2D eigenvalue weighted by Gasteiger charge is -2.09. The second-order valence-corrected chi connectivity index (χ2v) is 3.34. The van der Waals surface area contributed by atoms with Gasteiger partial charge in [-0.3, -0.25) is 0 Å². The van der Waals surface area contributed by atoms with Gasteiger partial charge in [-0.2, -0.15) is 0 Å². The van der Waals surface area contributed by atoms with Gasteiger partial charge in [0.25, 0.3) is 0 Å². The van der Waals surface area contributed by atoms with Crippen molar-refractivity contribution in [3.63, 3.8) is 0 Å². The zero-order chi connectivity index (χ0) is 9.14. The molecule has 2 nitrogen and oxygen atoms in total. The van der Waals surface area contributed by atoms with Crippen LogP contribution in [0.3, 0.4) is 0 Å². The summed E-state index contributed by atoms with van der Waals surface area (Å²) in [4.78, 5) is 11.1. The molecule has 1 heterocycles. The summed E-state index contributed by atoms with van der Waals surface area (Å²) in [5.74, 6) is -0.131. The molecular formula is C10H16O2. The number of hydrogen-bond acceptors (Lipinski definition) is 2. The second-order valence-electron chi connectivity index (χ2n) is 3.34. The van der Waals surface area contributed by atoms with Crippen LogP contribution in [0.5, 0.6) is 0 Å². The van der Waals surface area contributed by atoms with Crippen molar-refractivity contribution in [1.29, 1.82) is 0 Å². The van der Waals surface area contributed by atoms with Gasteiger partial charge >= 0.3 is 5.97 Å². The SMILES string of the molecule is CCCCC1OC(=O)C(C)=C1C. The van der Waals surface area contributed by atoms with Crippen molar-refractivity contribution in [2.24, 2.45) is 0 Å². The predicted molar refractivity (Wildman–Crippen MR) is 47.8 cm³/mol. The van der Waals surface area contributed by atoms with Gasteiger partial charge in [0.1, 0.15) is 6.10 Å². The van der Waals surface area contributed by atoms with Crippen LogP contribution in [-0.4, -0.2) is 12.1 Å². The van der Waals surface area contributed by atoms with Crippen LogP contribution in [0.4, 0.5) is 0 Å². The van der Waals surface area contributed by atoms with E-state index in [-0.39, 0.29) is 12.1 Å². The Kier molecular flexibility index (Phi) is 2.90. The molecule has 0 aromatic heterocycles. The minimum absolute atomic E-state index is 0.0671. The number of rotatable bonds is 3. The summed E-state index contributed by atoms with van der Waals surface area (Å²) in [6, 6.07) is 0. The predicted octanol–water partition coefficient (Wildman–Crippen LogP) is 2.44. The smallest absolute Gasteiger partial charge is 0.334 e. The summed E-state index contributed by atoms with van der Waals surface area (Å²) in [6.07, 6.45) is 3.33. The van der Waals surface area contributed by atoms with Crippen molar-refractivity contribution < 1.29 is 9.53 Å². The minimum atomic E-state index is -0.131. The van der Waals surface area contributed by atoms with Gasteiger partial charge in [-0.15, -0.1) is 0 Å². The van der Waals surface area contributed by atoms with Crippen LogP contribution in [0, 0.1) is 0 Å². The Morgan fingerprint density at radius 2 is 2.08 bits per heavy atom. The summed E-state index contributed by atoms with van der Waals surface area (Å²) in [6.45, 7) is 5.97. The quantitative estimate of drug-likeness (QED) is 0.605. The lowest BCUT2D eigenvalue weighted by Crippen LogP contribution is -2.10. The summed E-state index contributed by atoms with van der Waals surface area (Å²) in [5, 5.41) is 0. The fraction of sp³-hybridized carbons (Fsp3) is 0.700. The van der Waals surface area contributed by atoms with Crippen molar-refractivity contribution >= 4 is 5.97 Å². The average molecular weight is 168 g/mol. The molecule has 0 fully saturated rings. The Hall–Kier alpha value is -0.790. The lowest BCUT2D eigenvalue weighted by molar-refractivity contribution is -0.139. The third-order valence-corrected chi connectivity index (χ3v) is 2.45.